The topological polar surface area (TPSA) is 87.9 Å². The number of anilines is 1. The molecule has 2 N–H and O–H groups in total. The van der Waals surface area contributed by atoms with Crippen LogP contribution in [0.1, 0.15) is 45.7 Å². The van der Waals surface area contributed by atoms with E-state index in [1.165, 1.54) is 19.2 Å². The van der Waals surface area contributed by atoms with Crippen LogP contribution in [0.5, 0.6) is 11.5 Å². The van der Waals surface area contributed by atoms with Gasteiger partial charge in [0.25, 0.3) is 0 Å². The van der Waals surface area contributed by atoms with Crippen molar-refractivity contribution in [3.8, 4) is 11.5 Å². The zero-order valence-corrected chi connectivity index (χ0v) is 17.8. The number of ketones is 1. The summed E-state index contributed by atoms with van der Waals surface area (Å²) in [6, 6.07) is 19.2. The number of esters is 1. The van der Waals surface area contributed by atoms with Gasteiger partial charge in [0, 0.05) is 16.8 Å². The molecule has 0 aromatic heterocycles. The molecule has 0 heterocycles. The van der Waals surface area contributed by atoms with Gasteiger partial charge in [-0.15, -0.1) is 0 Å². The summed E-state index contributed by atoms with van der Waals surface area (Å²) < 4.78 is 16.7. The summed E-state index contributed by atoms with van der Waals surface area (Å²) in [5, 5.41) is 0. The molecule has 0 atom stereocenters. The summed E-state index contributed by atoms with van der Waals surface area (Å²) in [6.45, 7) is 3.76. The molecule has 0 radical (unpaired) electrons. The number of ether oxygens (including phenoxy) is 3. The van der Waals surface area contributed by atoms with Crippen molar-refractivity contribution in [3.63, 3.8) is 0 Å². The van der Waals surface area contributed by atoms with Crippen molar-refractivity contribution < 1.29 is 23.8 Å². The van der Waals surface area contributed by atoms with Crippen LogP contribution in [0.3, 0.4) is 0 Å². The maximum absolute atomic E-state index is 13.3. The van der Waals surface area contributed by atoms with E-state index in [1.807, 2.05) is 30.3 Å². The van der Waals surface area contributed by atoms with Crippen molar-refractivity contribution in [2.75, 3.05) is 12.8 Å². The van der Waals surface area contributed by atoms with Crippen LogP contribution in [-0.2, 0) is 11.3 Å². The second-order valence-corrected chi connectivity index (χ2v) is 7.23. The minimum absolute atomic E-state index is 0.102. The van der Waals surface area contributed by atoms with Crippen LogP contribution >= 0.6 is 0 Å². The van der Waals surface area contributed by atoms with Crippen LogP contribution in [0, 0.1) is 0 Å². The van der Waals surface area contributed by atoms with Gasteiger partial charge in [-0.3, -0.25) is 4.79 Å². The van der Waals surface area contributed by atoms with Gasteiger partial charge in [0.15, 0.2) is 17.3 Å². The van der Waals surface area contributed by atoms with Gasteiger partial charge in [-0.1, -0.05) is 42.5 Å². The van der Waals surface area contributed by atoms with Gasteiger partial charge in [-0.2, -0.15) is 0 Å². The molecule has 0 spiro atoms. The number of carbonyl (C=O) groups excluding carboxylic acids is 2. The Labute approximate surface area is 181 Å². The lowest BCUT2D eigenvalue weighted by molar-refractivity contribution is 0.0375. The van der Waals surface area contributed by atoms with E-state index in [9.17, 15) is 9.59 Å². The predicted molar refractivity (Wildman–Crippen MR) is 119 cm³/mol. The molecular formula is C25H25NO5. The molecule has 0 aliphatic carbocycles. The smallest absolute Gasteiger partial charge is 0.339 e. The number of benzene rings is 3. The molecule has 31 heavy (non-hydrogen) atoms. The normalized spacial score (nSPS) is 10.6. The van der Waals surface area contributed by atoms with Crippen LogP contribution in [0.25, 0.3) is 0 Å². The average Bonchev–Trinajstić information content (AvgIpc) is 2.76. The third-order valence-electron chi connectivity index (χ3n) is 4.50. The molecule has 3 aromatic rings. The Hall–Kier alpha value is -3.80. The largest absolute Gasteiger partial charge is 0.493 e. The Bertz CT molecular complexity index is 1080. The van der Waals surface area contributed by atoms with E-state index in [0.29, 0.717) is 22.7 Å². The van der Waals surface area contributed by atoms with Crippen molar-refractivity contribution in [3.05, 3.63) is 89.0 Å². The van der Waals surface area contributed by atoms with Crippen molar-refractivity contribution >= 4 is 17.4 Å². The van der Waals surface area contributed by atoms with Crippen LogP contribution in [0.2, 0.25) is 0 Å². The summed E-state index contributed by atoms with van der Waals surface area (Å²) in [7, 11) is 1.47. The third-order valence-corrected chi connectivity index (χ3v) is 4.50. The molecule has 3 rings (SSSR count). The molecular weight excluding hydrogens is 394 g/mol. The maximum Gasteiger partial charge on any atom is 0.339 e. The lowest BCUT2D eigenvalue weighted by Crippen LogP contribution is -2.17. The van der Waals surface area contributed by atoms with Gasteiger partial charge < -0.3 is 19.9 Å². The zero-order valence-electron chi connectivity index (χ0n) is 17.8. The molecule has 0 saturated heterocycles. The second-order valence-electron chi connectivity index (χ2n) is 7.23. The Kier molecular flexibility index (Phi) is 6.92. The van der Waals surface area contributed by atoms with E-state index in [4.69, 9.17) is 19.9 Å². The lowest BCUT2D eigenvalue weighted by atomic mass is 9.97. The van der Waals surface area contributed by atoms with E-state index in [0.717, 1.165) is 5.56 Å². The highest BCUT2D eigenvalue weighted by Crippen LogP contribution is 2.33. The molecule has 6 nitrogen and oxygen atoms in total. The van der Waals surface area contributed by atoms with Crippen molar-refractivity contribution in [2.45, 2.75) is 26.6 Å². The van der Waals surface area contributed by atoms with Gasteiger partial charge in [-0.05, 0) is 43.7 Å². The van der Waals surface area contributed by atoms with Gasteiger partial charge >= 0.3 is 5.97 Å². The molecule has 6 heteroatoms. The first-order valence-electron chi connectivity index (χ1n) is 9.89. The summed E-state index contributed by atoms with van der Waals surface area (Å²) in [4.78, 5) is 26.0. The second kappa shape index (κ2) is 9.80. The fraction of sp³-hybridized carbons (Fsp3) is 0.200. The highest BCUT2D eigenvalue weighted by Gasteiger charge is 2.24. The summed E-state index contributed by atoms with van der Waals surface area (Å²) in [6.07, 6.45) is -0.345. The number of nitrogen functional groups attached to an aromatic ring is 1. The van der Waals surface area contributed by atoms with Crippen LogP contribution < -0.4 is 15.2 Å². The Morgan fingerprint density at radius 1 is 0.903 bits per heavy atom. The molecule has 0 saturated carbocycles. The van der Waals surface area contributed by atoms with Crippen LogP contribution in [0.15, 0.2) is 66.7 Å². The molecule has 0 aliphatic rings. The standard InChI is InChI=1S/C25H25NO5/c1-16(2)31-25(28)21-14-22(29-3)23(30-15-17-8-5-4-6-9-17)13-20(21)24(27)18-10-7-11-19(26)12-18/h4-14,16H,15,26H2,1-3H3. The number of methoxy groups -OCH3 is 1. The Balaban J connectivity index is 2.05. The van der Waals surface area contributed by atoms with Gasteiger partial charge in [0.05, 0.1) is 18.8 Å². The van der Waals surface area contributed by atoms with Gasteiger partial charge in [0.1, 0.15) is 6.61 Å². The predicted octanol–water partition coefficient (Wildman–Crippen LogP) is 4.65. The van der Waals surface area contributed by atoms with Gasteiger partial charge in [0.2, 0.25) is 0 Å². The molecule has 3 aromatic carbocycles. The quantitative estimate of drug-likeness (QED) is 0.325. The number of hydrogen-bond donors (Lipinski definition) is 1. The summed E-state index contributed by atoms with van der Waals surface area (Å²) in [5.41, 5.74) is 7.86. The molecule has 0 aliphatic heterocycles. The Morgan fingerprint density at radius 3 is 2.26 bits per heavy atom. The van der Waals surface area contributed by atoms with Crippen molar-refractivity contribution in [1.29, 1.82) is 0 Å². The lowest BCUT2D eigenvalue weighted by Gasteiger charge is -2.16. The fourth-order valence-corrected chi connectivity index (χ4v) is 3.04. The molecule has 0 amide bonds. The molecule has 160 valence electrons. The molecule has 0 fully saturated rings. The minimum Gasteiger partial charge on any atom is -0.493 e. The van der Waals surface area contributed by atoms with Gasteiger partial charge in [-0.25, -0.2) is 4.79 Å². The molecule has 0 unspecified atom stereocenters. The van der Waals surface area contributed by atoms with E-state index in [2.05, 4.69) is 0 Å². The van der Waals surface area contributed by atoms with Crippen molar-refractivity contribution in [1.82, 2.24) is 0 Å². The average molecular weight is 419 g/mol. The van der Waals surface area contributed by atoms with E-state index >= 15 is 0 Å². The van der Waals surface area contributed by atoms with E-state index in [1.54, 1.807) is 38.1 Å². The minimum atomic E-state index is -0.616. The number of nitrogens with two attached hydrogens (primary N) is 1. The highest BCUT2D eigenvalue weighted by molar-refractivity contribution is 6.15. The number of rotatable bonds is 8. The molecule has 0 bridgehead atoms. The van der Waals surface area contributed by atoms with Crippen LogP contribution in [0.4, 0.5) is 5.69 Å². The Morgan fingerprint density at radius 2 is 1.61 bits per heavy atom. The monoisotopic (exact) mass is 419 g/mol. The highest BCUT2D eigenvalue weighted by atomic mass is 16.5. The van der Waals surface area contributed by atoms with Crippen molar-refractivity contribution in [2.24, 2.45) is 0 Å². The first kappa shape index (κ1) is 21.9. The SMILES string of the molecule is COc1cc(C(=O)OC(C)C)c(C(=O)c2cccc(N)c2)cc1OCc1ccccc1. The number of carbonyl (C=O) groups is 2. The first-order chi connectivity index (χ1) is 14.9. The zero-order chi connectivity index (χ0) is 22.4. The maximum atomic E-state index is 13.3. The van der Waals surface area contributed by atoms with E-state index in [-0.39, 0.29) is 29.6 Å². The first-order valence-corrected chi connectivity index (χ1v) is 9.89. The third kappa shape index (κ3) is 5.42. The van der Waals surface area contributed by atoms with Crippen LogP contribution in [-0.4, -0.2) is 25.0 Å². The fourth-order valence-electron chi connectivity index (χ4n) is 3.04. The number of hydrogen-bond acceptors (Lipinski definition) is 6. The summed E-state index contributed by atoms with van der Waals surface area (Å²) in [5.74, 6) is -0.305. The summed E-state index contributed by atoms with van der Waals surface area (Å²) >= 11 is 0. The van der Waals surface area contributed by atoms with E-state index < -0.39 is 5.97 Å².